The lowest BCUT2D eigenvalue weighted by atomic mass is 9.80. The van der Waals surface area contributed by atoms with E-state index in [9.17, 15) is 4.79 Å². The van der Waals surface area contributed by atoms with Gasteiger partial charge in [-0.3, -0.25) is 0 Å². The van der Waals surface area contributed by atoms with Gasteiger partial charge < -0.3 is 10.5 Å². The van der Waals surface area contributed by atoms with Crippen LogP contribution in [-0.4, -0.2) is 5.78 Å². The van der Waals surface area contributed by atoms with Gasteiger partial charge in [0.25, 0.3) is 0 Å². The summed E-state index contributed by atoms with van der Waals surface area (Å²) in [6.45, 7) is 9.47. The molecule has 0 aliphatic heterocycles. The number of Topliss-reactive ketones (excluding diaryl/α,β-unsaturated/α-hetero) is 1. The molecule has 1 rings (SSSR count). The van der Waals surface area contributed by atoms with E-state index in [-0.39, 0.29) is 11.2 Å². The summed E-state index contributed by atoms with van der Waals surface area (Å²) in [7, 11) is 0. The van der Waals surface area contributed by atoms with Crippen LogP contribution >= 0.6 is 0 Å². The molecule has 0 aromatic carbocycles. The van der Waals surface area contributed by atoms with E-state index in [0.29, 0.717) is 0 Å². The number of carbonyl (C=O) groups excluding carboxylic acids is 1. The van der Waals surface area contributed by atoms with Crippen LogP contribution in [0.25, 0.3) is 0 Å². The van der Waals surface area contributed by atoms with Crippen molar-refractivity contribution < 1.29 is 4.79 Å². The molecule has 2 nitrogen and oxygen atoms in total. The largest absolute Gasteiger partial charge is 0.401 e. The second kappa shape index (κ2) is 4.99. The lowest BCUT2D eigenvalue weighted by molar-refractivity contribution is -0.114. The van der Waals surface area contributed by atoms with Crippen molar-refractivity contribution in [1.82, 2.24) is 0 Å². The number of rotatable bonds is 0. The average molecular weight is 195 g/mol. The fourth-order valence-electron chi connectivity index (χ4n) is 1.26. The van der Waals surface area contributed by atoms with Gasteiger partial charge in [-0.05, 0) is 32.8 Å². The summed E-state index contributed by atoms with van der Waals surface area (Å²) in [5.74, 6) is 0.167. The molecule has 0 heterocycles. The van der Waals surface area contributed by atoms with Crippen LogP contribution in [0.3, 0.4) is 0 Å². The molecule has 0 fully saturated rings. The van der Waals surface area contributed by atoms with E-state index in [1.54, 1.807) is 0 Å². The van der Waals surface area contributed by atoms with Crippen LogP contribution in [0.1, 0.15) is 41.0 Å². The number of ketones is 1. The highest BCUT2D eigenvalue weighted by Gasteiger charge is 2.22. The zero-order chi connectivity index (χ0) is 11.4. The second-order valence-electron chi connectivity index (χ2n) is 4.50. The van der Waals surface area contributed by atoms with Crippen molar-refractivity contribution >= 4 is 5.78 Å². The molecule has 0 radical (unpaired) electrons. The summed E-state index contributed by atoms with van der Waals surface area (Å²) >= 11 is 0. The van der Waals surface area contributed by atoms with Gasteiger partial charge in [-0.25, -0.2) is 0 Å². The highest BCUT2D eigenvalue weighted by molar-refractivity contribution is 5.72. The van der Waals surface area contributed by atoms with E-state index in [1.165, 1.54) is 19.4 Å². The van der Waals surface area contributed by atoms with Gasteiger partial charge in [0.15, 0.2) is 0 Å². The van der Waals surface area contributed by atoms with Gasteiger partial charge in [0.2, 0.25) is 0 Å². The maximum absolute atomic E-state index is 9.44. The minimum Gasteiger partial charge on any atom is -0.401 e. The Balaban J connectivity index is 0.000000364. The van der Waals surface area contributed by atoms with E-state index < -0.39 is 0 Å². The quantitative estimate of drug-likeness (QED) is 0.646. The van der Waals surface area contributed by atoms with E-state index >= 15 is 0 Å². The first-order valence-electron chi connectivity index (χ1n) is 4.88. The maximum Gasteiger partial charge on any atom is 0.126 e. The summed E-state index contributed by atoms with van der Waals surface area (Å²) in [6.07, 6.45) is 5.35. The van der Waals surface area contributed by atoms with E-state index in [2.05, 4.69) is 32.9 Å². The van der Waals surface area contributed by atoms with Gasteiger partial charge in [-0.2, -0.15) is 0 Å². The van der Waals surface area contributed by atoms with Gasteiger partial charge >= 0.3 is 0 Å². The van der Waals surface area contributed by atoms with Crippen LogP contribution < -0.4 is 5.73 Å². The second-order valence-corrected chi connectivity index (χ2v) is 4.50. The molecule has 0 saturated carbocycles. The van der Waals surface area contributed by atoms with Gasteiger partial charge in [-0.1, -0.05) is 26.0 Å². The van der Waals surface area contributed by atoms with Crippen molar-refractivity contribution in [3.05, 3.63) is 23.4 Å². The molecule has 0 atom stereocenters. The van der Waals surface area contributed by atoms with Crippen molar-refractivity contribution in [3.8, 4) is 0 Å². The van der Waals surface area contributed by atoms with Gasteiger partial charge in [0, 0.05) is 11.1 Å². The molecule has 1 aliphatic rings. The number of carbonyl (C=O) groups is 1. The Morgan fingerprint density at radius 1 is 1.43 bits per heavy atom. The lowest BCUT2D eigenvalue weighted by Crippen LogP contribution is -2.23. The van der Waals surface area contributed by atoms with Crippen molar-refractivity contribution in [1.29, 1.82) is 0 Å². The van der Waals surface area contributed by atoms with Crippen LogP contribution in [0.2, 0.25) is 0 Å². The van der Waals surface area contributed by atoms with Crippen molar-refractivity contribution in [3.63, 3.8) is 0 Å². The first-order valence-corrected chi connectivity index (χ1v) is 4.88. The molecule has 1 aliphatic carbocycles. The molecule has 0 spiro atoms. The predicted octanol–water partition coefficient (Wildman–Crippen LogP) is 2.80. The summed E-state index contributed by atoms with van der Waals surface area (Å²) in [5, 5.41) is 0. The minimum atomic E-state index is 0.167. The van der Waals surface area contributed by atoms with E-state index in [1.807, 2.05) is 0 Å². The summed E-state index contributed by atoms with van der Waals surface area (Å²) < 4.78 is 0. The Labute approximate surface area is 86.9 Å². The molecule has 14 heavy (non-hydrogen) atoms. The third-order valence-electron chi connectivity index (χ3n) is 2.15. The summed E-state index contributed by atoms with van der Waals surface area (Å²) in [4.78, 5) is 9.44. The smallest absolute Gasteiger partial charge is 0.126 e. The highest BCUT2D eigenvalue weighted by Crippen LogP contribution is 2.32. The normalized spacial score (nSPS) is 18.6. The first-order chi connectivity index (χ1) is 6.27. The molecule has 0 bridgehead atoms. The number of nitrogens with two attached hydrogens (primary N) is 1. The Bertz CT molecular complexity index is 268. The molecule has 0 amide bonds. The third kappa shape index (κ3) is 4.26. The van der Waals surface area contributed by atoms with E-state index in [4.69, 9.17) is 5.73 Å². The average Bonchev–Trinajstić information content (AvgIpc) is 1.99. The number of hydrogen-bond donors (Lipinski definition) is 1. The van der Waals surface area contributed by atoms with Crippen LogP contribution in [0.4, 0.5) is 0 Å². The SMILES string of the molecule is CC(C)=O.CC1=C(N)C(C)(C)CC=C1. The summed E-state index contributed by atoms with van der Waals surface area (Å²) in [6, 6.07) is 0. The maximum atomic E-state index is 9.44. The molecule has 2 N–H and O–H groups in total. The molecule has 0 unspecified atom stereocenters. The Hall–Kier alpha value is -1.05. The van der Waals surface area contributed by atoms with Crippen LogP contribution in [0.5, 0.6) is 0 Å². The molecule has 0 saturated heterocycles. The molecule has 2 heteroatoms. The predicted molar refractivity (Wildman–Crippen MR) is 60.8 cm³/mol. The van der Waals surface area contributed by atoms with E-state index in [0.717, 1.165) is 12.1 Å². The lowest BCUT2D eigenvalue weighted by Gasteiger charge is -2.28. The molecule has 0 aromatic rings. The fraction of sp³-hybridized carbons (Fsp3) is 0.583. The van der Waals surface area contributed by atoms with Gasteiger partial charge in [0.1, 0.15) is 5.78 Å². The third-order valence-corrected chi connectivity index (χ3v) is 2.15. The molecular formula is C12H21NO. The van der Waals surface area contributed by atoms with Gasteiger partial charge in [-0.15, -0.1) is 0 Å². The minimum absolute atomic E-state index is 0.167. The zero-order valence-corrected chi connectivity index (χ0v) is 9.85. The standard InChI is InChI=1S/C9H15N.C3H6O/c1-7-5-4-6-9(2,3)8(7)10;1-3(2)4/h4-5H,6,10H2,1-3H3;1-2H3. The van der Waals surface area contributed by atoms with Crippen molar-refractivity contribution in [2.24, 2.45) is 11.1 Å². The van der Waals surface area contributed by atoms with Crippen LogP contribution in [0, 0.1) is 5.41 Å². The Morgan fingerprint density at radius 2 is 1.86 bits per heavy atom. The van der Waals surface area contributed by atoms with Crippen LogP contribution in [-0.2, 0) is 4.79 Å². The highest BCUT2D eigenvalue weighted by atomic mass is 16.1. The topological polar surface area (TPSA) is 43.1 Å². The number of hydrogen-bond acceptors (Lipinski definition) is 2. The van der Waals surface area contributed by atoms with Crippen molar-refractivity contribution in [2.75, 3.05) is 0 Å². The fourth-order valence-corrected chi connectivity index (χ4v) is 1.26. The monoisotopic (exact) mass is 195 g/mol. The molecule has 0 aromatic heterocycles. The Kier molecular flexibility index (Phi) is 4.61. The number of allylic oxidation sites excluding steroid dienone is 4. The van der Waals surface area contributed by atoms with Gasteiger partial charge in [0.05, 0.1) is 0 Å². The first kappa shape index (κ1) is 12.9. The molecule has 80 valence electrons. The Morgan fingerprint density at radius 3 is 2.14 bits per heavy atom. The summed E-state index contributed by atoms with van der Waals surface area (Å²) in [5.41, 5.74) is 8.32. The van der Waals surface area contributed by atoms with Crippen LogP contribution in [0.15, 0.2) is 23.4 Å². The molecular weight excluding hydrogens is 174 g/mol. The van der Waals surface area contributed by atoms with Crippen molar-refractivity contribution in [2.45, 2.75) is 41.0 Å². The zero-order valence-electron chi connectivity index (χ0n) is 9.85.